The Bertz CT molecular complexity index is 1090. The topological polar surface area (TPSA) is 82.4 Å². The van der Waals surface area contributed by atoms with E-state index in [-0.39, 0.29) is 17.9 Å². The average Bonchev–Trinajstić information content (AvgIpc) is 3.43. The number of allylic oxidation sites excluding steroid dienone is 1. The summed E-state index contributed by atoms with van der Waals surface area (Å²) in [5.41, 5.74) is 2.94. The van der Waals surface area contributed by atoms with Gasteiger partial charge in [0.05, 0.1) is 31.0 Å². The number of aliphatic hydroxyl groups is 3. The van der Waals surface area contributed by atoms with Gasteiger partial charge in [0, 0.05) is 44.0 Å². The Morgan fingerprint density at radius 1 is 1.03 bits per heavy atom. The van der Waals surface area contributed by atoms with E-state index < -0.39 is 17.0 Å². The molecule has 1 aliphatic heterocycles. The lowest BCUT2D eigenvalue weighted by Gasteiger charge is -2.57. The van der Waals surface area contributed by atoms with Gasteiger partial charge in [0.2, 0.25) is 0 Å². The molecule has 37 heavy (non-hydrogen) atoms. The second-order valence-corrected chi connectivity index (χ2v) is 12.7. The lowest BCUT2D eigenvalue weighted by Crippen LogP contribution is -2.55. The Labute approximate surface area is 221 Å². The molecule has 0 aromatic heterocycles. The highest BCUT2D eigenvalue weighted by Crippen LogP contribution is 2.68. The molecule has 1 saturated heterocycles. The molecule has 202 valence electrons. The van der Waals surface area contributed by atoms with E-state index in [2.05, 4.69) is 50.2 Å². The quantitative estimate of drug-likeness (QED) is 0.525. The van der Waals surface area contributed by atoms with E-state index in [0.717, 1.165) is 44.2 Å². The van der Waals surface area contributed by atoms with Crippen molar-refractivity contribution in [1.82, 2.24) is 0 Å². The fourth-order valence-corrected chi connectivity index (χ4v) is 8.88. The second kappa shape index (κ2) is 8.92. The smallest absolute Gasteiger partial charge is 0.171 e. The molecule has 1 aromatic rings. The Balaban J connectivity index is 1.47. The second-order valence-electron chi connectivity index (χ2n) is 12.7. The van der Waals surface area contributed by atoms with Gasteiger partial charge in [0.15, 0.2) is 5.79 Å². The highest BCUT2D eigenvalue weighted by molar-refractivity contribution is 5.50. The van der Waals surface area contributed by atoms with Gasteiger partial charge in [-0.15, -0.1) is 0 Å². The van der Waals surface area contributed by atoms with Crippen molar-refractivity contribution < 1.29 is 24.8 Å². The van der Waals surface area contributed by atoms with Crippen LogP contribution in [0.15, 0.2) is 47.6 Å². The normalized spacial score (nSPS) is 40.6. The Hall–Kier alpha value is -1.70. The summed E-state index contributed by atoms with van der Waals surface area (Å²) in [4.78, 5) is 2.11. The van der Waals surface area contributed by atoms with Gasteiger partial charge >= 0.3 is 0 Å². The number of hydrogen-bond donors (Lipinski definition) is 3. The van der Waals surface area contributed by atoms with Crippen molar-refractivity contribution in [2.45, 2.75) is 81.2 Å². The lowest BCUT2D eigenvalue weighted by atomic mass is 9.49. The Kier molecular flexibility index (Phi) is 6.16. The van der Waals surface area contributed by atoms with Crippen LogP contribution < -0.4 is 4.90 Å². The summed E-state index contributed by atoms with van der Waals surface area (Å²) in [6.45, 7) is 3.42. The van der Waals surface area contributed by atoms with E-state index in [9.17, 15) is 15.3 Å². The van der Waals surface area contributed by atoms with E-state index in [1.54, 1.807) is 6.08 Å². The third-order valence-electron chi connectivity index (χ3n) is 10.8. The number of aliphatic hydroxyl groups excluding tert-OH is 1. The van der Waals surface area contributed by atoms with Crippen LogP contribution in [0.5, 0.6) is 0 Å². The van der Waals surface area contributed by atoms with Gasteiger partial charge < -0.3 is 29.7 Å². The summed E-state index contributed by atoms with van der Waals surface area (Å²) in [5, 5.41) is 33.6. The maximum atomic E-state index is 12.1. The van der Waals surface area contributed by atoms with Crippen molar-refractivity contribution >= 4 is 5.69 Å². The van der Waals surface area contributed by atoms with Gasteiger partial charge in [0.25, 0.3) is 0 Å². The molecule has 0 radical (unpaired) electrons. The standard InChI is InChI=1S/C31H43NO5/c1-28-19-24(21-5-7-22(8-6-21)32(2)3)27-23(25(28)10-14-30(28,35)12-4-16-33)9-13-29(34)20-31(15-11-26(27)29)36-17-18-37-31/h4-8,12,23-25,33-35H,9-11,13-20H2,1-3H3/b12-4-/t23-,24+,25-,28-,29+,30-/m0/s1. The Morgan fingerprint density at radius 3 is 2.43 bits per heavy atom. The highest BCUT2D eigenvalue weighted by Gasteiger charge is 2.64. The molecule has 4 aliphatic carbocycles. The molecule has 4 fully saturated rings. The first-order valence-corrected chi connectivity index (χ1v) is 14.2. The fraction of sp³-hybridized carbons (Fsp3) is 0.677. The van der Waals surface area contributed by atoms with E-state index in [1.165, 1.54) is 16.7 Å². The van der Waals surface area contributed by atoms with Crippen LogP contribution in [0.4, 0.5) is 5.69 Å². The van der Waals surface area contributed by atoms with Crippen molar-refractivity contribution in [3.05, 3.63) is 53.1 Å². The van der Waals surface area contributed by atoms with Crippen LogP contribution >= 0.6 is 0 Å². The summed E-state index contributed by atoms with van der Waals surface area (Å²) in [5.74, 6) is 0.181. The molecule has 6 rings (SSSR count). The molecule has 0 amide bonds. The minimum Gasteiger partial charge on any atom is -0.392 e. The molecule has 6 atom stereocenters. The molecular formula is C31H43NO5. The van der Waals surface area contributed by atoms with Gasteiger partial charge in [-0.1, -0.05) is 36.8 Å². The zero-order valence-corrected chi connectivity index (χ0v) is 22.6. The number of hydrogen-bond acceptors (Lipinski definition) is 6. The zero-order chi connectivity index (χ0) is 26.1. The van der Waals surface area contributed by atoms with Gasteiger partial charge in [-0.3, -0.25) is 0 Å². The molecule has 6 nitrogen and oxygen atoms in total. The third-order valence-corrected chi connectivity index (χ3v) is 10.8. The first-order valence-electron chi connectivity index (χ1n) is 14.2. The van der Waals surface area contributed by atoms with Gasteiger partial charge in [0.1, 0.15) is 0 Å². The highest BCUT2D eigenvalue weighted by atomic mass is 16.7. The maximum Gasteiger partial charge on any atom is 0.171 e. The van der Waals surface area contributed by atoms with Gasteiger partial charge in [-0.25, -0.2) is 0 Å². The van der Waals surface area contributed by atoms with Gasteiger partial charge in [-0.2, -0.15) is 0 Å². The van der Waals surface area contributed by atoms with Crippen molar-refractivity contribution in [2.24, 2.45) is 17.3 Å². The number of rotatable bonds is 4. The average molecular weight is 510 g/mol. The molecule has 1 spiro atoms. The largest absolute Gasteiger partial charge is 0.392 e. The van der Waals surface area contributed by atoms with Crippen molar-refractivity contribution in [3.8, 4) is 0 Å². The predicted molar refractivity (Wildman–Crippen MR) is 143 cm³/mol. The molecule has 0 unspecified atom stereocenters. The van der Waals surface area contributed by atoms with E-state index in [0.29, 0.717) is 37.9 Å². The van der Waals surface area contributed by atoms with Gasteiger partial charge in [-0.05, 0) is 73.6 Å². The number of benzene rings is 1. The number of anilines is 1. The van der Waals surface area contributed by atoms with Crippen LogP contribution in [0.3, 0.4) is 0 Å². The first kappa shape index (κ1) is 25.6. The SMILES string of the molecule is CN(C)c1ccc([C@H]2C[C@@]3(C)[C@@H](CC[C@@]3(O)/C=C\CO)[C@@H]3CC[C@@]4(O)CC5(CCC4=C32)OCCO5)cc1. The molecule has 3 N–H and O–H groups in total. The molecule has 3 saturated carbocycles. The monoisotopic (exact) mass is 509 g/mol. The van der Waals surface area contributed by atoms with E-state index >= 15 is 0 Å². The number of nitrogens with zero attached hydrogens (tertiary/aromatic N) is 1. The minimum atomic E-state index is -0.936. The van der Waals surface area contributed by atoms with Crippen LogP contribution in [-0.4, -0.2) is 66.2 Å². The molecule has 0 bridgehead atoms. The zero-order valence-electron chi connectivity index (χ0n) is 22.6. The van der Waals surface area contributed by atoms with E-state index in [1.807, 2.05) is 6.08 Å². The maximum absolute atomic E-state index is 12.1. The summed E-state index contributed by atoms with van der Waals surface area (Å²) < 4.78 is 12.1. The summed E-state index contributed by atoms with van der Waals surface area (Å²) >= 11 is 0. The van der Waals surface area contributed by atoms with Crippen molar-refractivity contribution in [2.75, 3.05) is 38.8 Å². The molecule has 5 aliphatic rings. The summed E-state index contributed by atoms with van der Waals surface area (Å²) in [7, 11) is 4.11. The molecule has 1 aromatic carbocycles. The molecule has 1 heterocycles. The van der Waals surface area contributed by atoms with E-state index in [4.69, 9.17) is 9.47 Å². The number of ether oxygens (including phenoxy) is 2. The van der Waals surface area contributed by atoms with Crippen LogP contribution in [0.2, 0.25) is 0 Å². The molecular weight excluding hydrogens is 466 g/mol. The first-order chi connectivity index (χ1) is 17.6. The van der Waals surface area contributed by atoms with Crippen molar-refractivity contribution in [3.63, 3.8) is 0 Å². The molecule has 6 heteroatoms. The van der Waals surface area contributed by atoms with Crippen molar-refractivity contribution in [1.29, 1.82) is 0 Å². The summed E-state index contributed by atoms with van der Waals surface area (Å²) in [6.07, 6.45) is 9.82. The van der Waals surface area contributed by atoms with Crippen LogP contribution in [0, 0.1) is 17.3 Å². The lowest BCUT2D eigenvalue weighted by molar-refractivity contribution is -0.208. The van der Waals surface area contributed by atoms with Crippen LogP contribution in [0.25, 0.3) is 0 Å². The Morgan fingerprint density at radius 2 is 1.76 bits per heavy atom. The van der Waals surface area contributed by atoms with Crippen LogP contribution in [-0.2, 0) is 9.47 Å². The predicted octanol–water partition coefficient (Wildman–Crippen LogP) is 4.30. The van der Waals surface area contributed by atoms with Crippen LogP contribution in [0.1, 0.15) is 69.8 Å². The number of fused-ring (bicyclic) bond motifs is 4. The third kappa shape index (κ3) is 3.86. The minimum absolute atomic E-state index is 0.0594. The fourth-order valence-electron chi connectivity index (χ4n) is 8.88. The summed E-state index contributed by atoms with van der Waals surface area (Å²) in [6, 6.07) is 8.85.